The number of amides is 1. The first kappa shape index (κ1) is 18.7. The van der Waals surface area contributed by atoms with Crippen LogP contribution < -0.4 is 10.1 Å². The molecule has 3 rings (SSSR count). The van der Waals surface area contributed by atoms with Crippen molar-refractivity contribution in [1.82, 2.24) is 0 Å². The van der Waals surface area contributed by atoms with Crippen LogP contribution in [0.2, 0.25) is 0 Å². The van der Waals surface area contributed by atoms with Crippen molar-refractivity contribution in [2.45, 2.75) is 20.3 Å². The maximum absolute atomic E-state index is 12.5. The van der Waals surface area contributed by atoms with Gasteiger partial charge in [0.2, 0.25) is 5.06 Å². The summed E-state index contributed by atoms with van der Waals surface area (Å²) in [5.41, 5.74) is 3.05. The Morgan fingerprint density at radius 1 is 1.07 bits per heavy atom. The van der Waals surface area contributed by atoms with Crippen molar-refractivity contribution >= 4 is 28.9 Å². The van der Waals surface area contributed by atoms with E-state index in [0.29, 0.717) is 22.1 Å². The second kappa shape index (κ2) is 8.05. The van der Waals surface area contributed by atoms with Crippen LogP contribution in [0.5, 0.6) is 10.8 Å². The molecule has 0 spiro atoms. The third kappa shape index (κ3) is 4.54. The Kier molecular flexibility index (Phi) is 5.57. The Bertz CT molecular complexity index is 959. The van der Waals surface area contributed by atoms with E-state index in [2.05, 4.69) is 12.2 Å². The number of aryl methyl sites for hydroxylation is 2. The molecular formula is C21H19NO4S. The lowest BCUT2D eigenvalue weighted by atomic mass is 10.1. The van der Waals surface area contributed by atoms with E-state index in [1.807, 2.05) is 43.3 Å². The second-order valence-corrected chi connectivity index (χ2v) is 7.05. The van der Waals surface area contributed by atoms with Crippen molar-refractivity contribution in [2.75, 3.05) is 5.32 Å². The van der Waals surface area contributed by atoms with Gasteiger partial charge in [-0.3, -0.25) is 4.79 Å². The van der Waals surface area contributed by atoms with Crippen molar-refractivity contribution in [3.05, 3.63) is 76.2 Å². The molecule has 3 aromatic rings. The van der Waals surface area contributed by atoms with Gasteiger partial charge in [0.1, 0.15) is 10.6 Å². The molecular weight excluding hydrogens is 362 g/mol. The zero-order valence-electron chi connectivity index (χ0n) is 15.0. The molecule has 1 heterocycles. The van der Waals surface area contributed by atoms with Crippen LogP contribution in [0.4, 0.5) is 5.69 Å². The lowest BCUT2D eigenvalue weighted by Gasteiger charge is -2.09. The molecule has 0 atom stereocenters. The maximum Gasteiger partial charge on any atom is 0.346 e. The highest BCUT2D eigenvalue weighted by Crippen LogP contribution is 2.38. The molecule has 0 unspecified atom stereocenters. The number of carbonyl (C=O) groups excluding carboxylic acids is 1. The molecule has 0 aliphatic rings. The van der Waals surface area contributed by atoms with E-state index in [1.165, 1.54) is 11.6 Å². The first-order chi connectivity index (χ1) is 13.0. The summed E-state index contributed by atoms with van der Waals surface area (Å²) in [4.78, 5) is 23.9. The predicted molar refractivity (Wildman–Crippen MR) is 106 cm³/mol. The van der Waals surface area contributed by atoms with E-state index >= 15 is 0 Å². The average molecular weight is 381 g/mol. The van der Waals surface area contributed by atoms with Crippen LogP contribution in [-0.4, -0.2) is 17.0 Å². The third-order valence-electron chi connectivity index (χ3n) is 4.01. The monoisotopic (exact) mass is 381 g/mol. The van der Waals surface area contributed by atoms with Crippen LogP contribution >= 0.6 is 11.3 Å². The summed E-state index contributed by atoms with van der Waals surface area (Å²) in [7, 11) is 0. The van der Waals surface area contributed by atoms with Gasteiger partial charge in [0, 0.05) is 5.56 Å². The van der Waals surface area contributed by atoms with Crippen molar-refractivity contribution in [3.8, 4) is 10.8 Å². The topological polar surface area (TPSA) is 75.6 Å². The number of thiophene rings is 1. The minimum absolute atomic E-state index is 0.0920. The number of hydrogen-bond acceptors (Lipinski definition) is 4. The Labute approximate surface area is 161 Å². The number of benzene rings is 2. The van der Waals surface area contributed by atoms with Crippen LogP contribution in [0.15, 0.2) is 54.6 Å². The van der Waals surface area contributed by atoms with E-state index in [4.69, 9.17) is 4.74 Å². The van der Waals surface area contributed by atoms with Crippen molar-refractivity contribution in [3.63, 3.8) is 0 Å². The van der Waals surface area contributed by atoms with Gasteiger partial charge in [0.25, 0.3) is 5.91 Å². The molecule has 1 aromatic heterocycles. The van der Waals surface area contributed by atoms with Gasteiger partial charge in [-0.1, -0.05) is 48.1 Å². The lowest BCUT2D eigenvalue weighted by Crippen LogP contribution is -2.11. The molecule has 0 aliphatic heterocycles. The molecule has 0 radical (unpaired) electrons. The SMILES string of the molecule is CCc1ccc(Oc2sc(C(=O)O)cc2NC(=O)c2ccc(C)cc2)cc1. The molecule has 5 nitrogen and oxygen atoms in total. The summed E-state index contributed by atoms with van der Waals surface area (Å²) in [6.45, 7) is 4.00. The standard InChI is InChI=1S/C21H19NO4S/c1-3-14-6-10-16(11-7-14)26-21-17(12-18(27-21)20(24)25)22-19(23)15-8-4-13(2)5-9-15/h4-12H,3H2,1-2H3,(H,22,23)(H,24,25). The normalized spacial score (nSPS) is 10.4. The highest BCUT2D eigenvalue weighted by molar-refractivity contribution is 7.16. The Morgan fingerprint density at radius 3 is 2.33 bits per heavy atom. The minimum atomic E-state index is -1.07. The highest BCUT2D eigenvalue weighted by Gasteiger charge is 2.18. The molecule has 138 valence electrons. The summed E-state index contributed by atoms with van der Waals surface area (Å²) in [6.07, 6.45) is 0.917. The zero-order chi connectivity index (χ0) is 19.4. The van der Waals surface area contributed by atoms with Gasteiger partial charge in [0.15, 0.2) is 0 Å². The molecule has 6 heteroatoms. The van der Waals surface area contributed by atoms with E-state index in [1.54, 1.807) is 12.1 Å². The first-order valence-corrected chi connectivity index (χ1v) is 9.30. The largest absolute Gasteiger partial charge is 0.477 e. The summed E-state index contributed by atoms with van der Waals surface area (Å²) >= 11 is 0.976. The van der Waals surface area contributed by atoms with Gasteiger partial charge in [-0.25, -0.2) is 4.79 Å². The quantitative estimate of drug-likeness (QED) is 0.602. The van der Waals surface area contributed by atoms with Gasteiger partial charge >= 0.3 is 5.97 Å². The summed E-state index contributed by atoms with van der Waals surface area (Å²) < 4.78 is 5.84. The van der Waals surface area contributed by atoms with E-state index in [0.717, 1.165) is 23.3 Å². The highest BCUT2D eigenvalue weighted by atomic mass is 32.1. The lowest BCUT2D eigenvalue weighted by molar-refractivity contribution is 0.0701. The van der Waals surface area contributed by atoms with Crippen molar-refractivity contribution in [2.24, 2.45) is 0 Å². The summed E-state index contributed by atoms with van der Waals surface area (Å²) in [5, 5.41) is 12.4. The molecule has 0 aliphatic carbocycles. The maximum atomic E-state index is 12.5. The number of carbonyl (C=O) groups is 2. The number of anilines is 1. The van der Waals surface area contributed by atoms with Crippen molar-refractivity contribution < 1.29 is 19.4 Å². The van der Waals surface area contributed by atoms with Gasteiger partial charge in [0.05, 0.1) is 5.69 Å². The first-order valence-electron chi connectivity index (χ1n) is 8.48. The summed E-state index contributed by atoms with van der Waals surface area (Å²) in [6, 6.07) is 16.1. The van der Waals surface area contributed by atoms with Crippen LogP contribution in [0, 0.1) is 6.92 Å². The molecule has 0 saturated heterocycles. The molecule has 2 N–H and O–H groups in total. The predicted octanol–water partition coefficient (Wildman–Crippen LogP) is 5.36. The minimum Gasteiger partial charge on any atom is -0.477 e. The number of aromatic carboxylic acids is 1. The fourth-order valence-electron chi connectivity index (χ4n) is 2.44. The van der Waals surface area contributed by atoms with Crippen LogP contribution in [0.1, 0.15) is 38.1 Å². The third-order valence-corrected chi connectivity index (χ3v) is 5.01. The van der Waals surface area contributed by atoms with E-state index in [9.17, 15) is 14.7 Å². The second-order valence-electron chi connectivity index (χ2n) is 6.04. The number of carboxylic acid groups (broad SMARTS) is 1. The fraction of sp³-hybridized carbons (Fsp3) is 0.143. The Hall–Kier alpha value is -3.12. The molecule has 2 aromatic carbocycles. The average Bonchev–Trinajstić information content (AvgIpc) is 3.05. The van der Waals surface area contributed by atoms with Gasteiger partial charge < -0.3 is 15.2 Å². The Balaban J connectivity index is 1.85. The molecule has 1 amide bonds. The van der Waals surface area contributed by atoms with Crippen LogP contribution in [-0.2, 0) is 6.42 Å². The fourth-order valence-corrected chi connectivity index (χ4v) is 3.26. The number of hydrogen-bond donors (Lipinski definition) is 2. The van der Waals surface area contributed by atoms with Crippen molar-refractivity contribution in [1.29, 1.82) is 0 Å². The van der Waals surface area contributed by atoms with Crippen LogP contribution in [0.3, 0.4) is 0 Å². The van der Waals surface area contributed by atoms with E-state index in [-0.39, 0.29) is 10.8 Å². The van der Waals surface area contributed by atoms with Crippen LogP contribution in [0.25, 0.3) is 0 Å². The molecule has 0 fully saturated rings. The zero-order valence-corrected chi connectivity index (χ0v) is 15.8. The Morgan fingerprint density at radius 2 is 1.74 bits per heavy atom. The van der Waals surface area contributed by atoms with E-state index < -0.39 is 5.97 Å². The number of nitrogens with one attached hydrogen (secondary N) is 1. The van der Waals surface area contributed by atoms with Gasteiger partial charge in [-0.05, 0) is 49.2 Å². The molecule has 27 heavy (non-hydrogen) atoms. The van der Waals surface area contributed by atoms with Gasteiger partial charge in [-0.2, -0.15) is 0 Å². The number of carboxylic acids is 1. The summed E-state index contributed by atoms with van der Waals surface area (Å²) in [5.74, 6) is -0.810. The smallest absolute Gasteiger partial charge is 0.346 e. The molecule has 0 bridgehead atoms. The number of ether oxygens (including phenoxy) is 1. The number of rotatable bonds is 6. The molecule has 0 saturated carbocycles. The van der Waals surface area contributed by atoms with Gasteiger partial charge in [-0.15, -0.1) is 0 Å².